The summed E-state index contributed by atoms with van der Waals surface area (Å²) >= 11 is 0. The zero-order chi connectivity index (χ0) is 22.4. The van der Waals surface area contributed by atoms with Crippen LogP contribution in [0.2, 0.25) is 0 Å². The fourth-order valence-electron chi connectivity index (χ4n) is 5.77. The Morgan fingerprint density at radius 2 is 1.59 bits per heavy atom. The summed E-state index contributed by atoms with van der Waals surface area (Å²) in [4.78, 5) is 51.6. The maximum absolute atomic E-state index is 13.3. The summed E-state index contributed by atoms with van der Waals surface area (Å²) in [6, 6.07) is 13.8. The Morgan fingerprint density at radius 1 is 1.00 bits per heavy atom. The molecule has 3 aliphatic rings. The monoisotopic (exact) mass is 433 g/mol. The Kier molecular flexibility index (Phi) is 5.00. The van der Waals surface area contributed by atoms with Gasteiger partial charge in [-0.2, -0.15) is 0 Å². The standard InChI is InChI=1S/C24H23N3O5/c28-22(25-17-8-10-18(11-9-17)27(31)32)19(12-14-4-2-1-3-5-14)26-23(29)20-15-6-7-16(13-15)21(20)24(26)30/h1-5,8-11,15-16,19-21H,6-7,12-13H2,(H,25,28)/t15-,16+,19-,20+,21+/m1/s1. The number of benzene rings is 2. The lowest BCUT2D eigenvalue weighted by Gasteiger charge is -2.27. The van der Waals surface area contributed by atoms with Gasteiger partial charge in [-0.1, -0.05) is 30.3 Å². The topological polar surface area (TPSA) is 110 Å². The minimum atomic E-state index is -0.974. The highest BCUT2D eigenvalue weighted by atomic mass is 16.6. The van der Waals surface area contributed by atoms with E-state index >= 15 is 0 Å². The molecule has 8 nitrogen and oxygen atoms in total. The van der Waals surface area contributed by atoms with Gasteiger partial charge in [0.25, 0.3) is 5.69 Å². The Hall–Kier alpha value is -3.55. The predicted molar refractivity (Wildman–Crippen MR) is 115 cm³/mol. The minimum Gasteiger partial charge on any atom is -0.324 e. The van der Waals surface area contributed by atoms with Crippen LogP contribution in [0.15, 0.2) is 54.6 Å². The average molecular weight is 433 g/mol. The molecule has 8 heteroatoms. The molecule has 2 bridgehead atoms. The van der Waals surface area contributed by atoms with Gasteiger partial charge in [0.1, 0.15) is 6.04 Å². The number of nitro benzene ring substituents is 1. The lowest BCUT2D eigenvalue weighted by molar-refractivity contribution is -0.384. The van der Waals surface area contributed by atoms with Gasteiger partial charge in [0.15, 0.2) is 0 Å². The van der Waals surface area contributed by atoms with E-state index in [1.807, 2.05) is 30.3 Å². The molecule has 2 saturated carbocycles. The summed E-state index contributed by atoms with van der Waals surface area (Å²) < 4.78 is 0. The van der Waals surface area contributed by atoms with Crippen LogP contribution in [0.25, 0.3) is 0 Å². The van der Waals surface area contributed by atoms with E-state index in [2.05, 4.69) is 5.32 Å². The number of amides is 3. The van der Waals surface area contributed by atoms with Crippen molar-refractivity contribution in [3.8, 4) is 0 Å². The molecule has 1 aliphatic heterocycles. The van der Waals surface area contributed by atoms with Crippen molar-refractivity contribution in [2.45, 2.75) is 31.7 Å². The molecule has 2 aromatic rings. The predicted octanol–water partition coefficient (Wildman–Crippen LogP) is 3.18. The number of hydrogen-bond acceptors (Lipinski definition) is 5. The number of imide groups is 1. The van der Waals surface area contributed by atoms with Crippen molar-refractivity contribution in [3.63, 3.8) is 0 Å². The zero-order valence-corrected chi connectivity index (χ0v) is 17.3. The van der Waals surface area contributed by atoms with E-state index in [0.717, 1.165) is 24.8 Å². The lowest BCUT2D eigenvalue weighted by atomic mass is 9.81. The number of nitro groups is 1. The first-order valence-corrected chi connectivity index (χ1v) is 10.9. The van der Waals surface area contributed by atoms with Gasteiger partial charge in [-0.05, 0) is 48.8 Å². The second-order valence-electron chi connectivity index (χ2n) is 8.93. The normalized spacial score (nSPS) is 26.8. The van der Waals surface area contributed by atoms with Crippen LogP contribution in [0.5, 0.6) is 0 Å². The Balaban J connectivity index is 1.43. The van der Waals surface area contributed by atoms with Gasteiger partial charge in [-0.3, -0.25) is 29.4 Å². The van der Waals surface area contributed by atoms with Crippen LogP contribution in [-0.2, 0) is 20.8 Å². The molecule has 0 unspecified atom stereocenters. The van der Waals surface area contributed by atoms with Crippen LogP contribution in [0.1, 0.15) is 24.8 Å². The third kappa shape index (κ3) is 3.36. The summed E-state index contributed by atoms with van der Waals surface area (Å²) in [7, 11) is 0. The third-order valence-corrected chi connectivity index (χ3v) is 7.19. The van der Waals surface area contributed by atoms with Crippen molar-refractivity contribution in [1.29, 1.82) is 0 Å². The van der Waals surface area contributed by atoms with E-state index in [9.17, 15) is 24.5 Å². The first-order chi connectivity index (χ1) is 15.4. The Labute approximate surface area is 184 Å². The number of non-ortho nitro benzene ring substituents is 1. The molecule has 2 aromatic carbocycles. The van der Waals surface area contributed by atoms with Crippen LogP contribution in [-0.4, -0.2) is 33.6 Å². The number of nitrogens with zero attached hydrogens (tertiary/aromatic N) is 2. The molecule has 1 N–H and O–H groups in total. The highest BCUT2D eigenvalue weighted by molar-refractivity contribution is 6.10. The van der Waals surface area contributed by atoms with Crippen LogP contribution in [0, 0.1) is 33.8 Å². The molecule has 1 heterocycles. The number of anilines is 1. The quantitative estimate of drug-likeness (QED) is 0.427. The van der Waals surface area contributed by atoms with Crippen molar-refractivity contribution >= 4 is 29.1 Å². The summed E-state index contributed by atoms with van der Waals surface area (Å²) in [5.74, 6) is -1.06. The van der Waals surface area contributed by atoms with Gasteiger partial charge in [0.05, 0.1) is 16.8 Å². The molecule has 5 rings (SSSR count). The smallest absolute Gasteiger partial charge is 0.269 e. The zero-order valence-electron chi connectivity index (χ0n) is 17.3. The molecule has 1 saturated heterocycles. The molecule has 0 spiro atoms. The molecule has 0 aromatic heterocycles. The molecule has 5 atom stereocenters. The van der Waals surface area contributed by atoms with Gasteiger partial charge in [-0.15, -0.1) is 0 Å². The fraction of sp³-hybridized carbons (Fsp3) is 0.375. The Bertz CT molecular complexity index is 1060. The molecule has 0 radical (unpaired) electrons. The van der Waals surface area contributed by atoms with E-state index in [1.54, 1.807) is 0 Å². The molecule has 32 heavy (non-hydrogen) atoms. The number of hydrogen-bond donors (Lipinski definition) is 1. The number of fused-ring (bicyclic) bond motifs is 5. The summed E-state index contributed by atoms with van der Waals surface area (Å²) in [5.41, 5.74) is 1.13. The van der Waals surface area contributed by atoms with Gasteiger partial charge in [0, 0.05) is 24.2 Å². The van der Waals surface area contributed by atoms with Gasteiger partial charge in [-0.25, -0.2) is 0 Å². The first kappa shape index (κ1) is 20.4. The lowest BCUT2D eigenvalue weighted by Crippen LogP contribution is -2.49. The van der Waals surface area contributed by atoms with E-state index in [4.69, 9.17) is 0 Å². The SMILES string of the molecule is O=C(Nc1ccc([N+](=O)[O-])cc1)[C@@H](Cc1ccccc1)N1C(=O)[C@H]2[C@@H]3CC[C@@H](C3)[C@@H]2C1=O. The van der Waals surface area contributed by atoms with E-state index in [1.165, 1.54) is 29.2 Å². The molecule has 2 aliphatic carbocycles. The maximum Gasteiger partial charge on any atom is 0.269 e. The average Bonchev–Trinajstić information content (AvgIpc) is 3.47. The van der Waals surface area contributed by atoms with Crippen molar-refractivity contribution in [1.82, 2.24) is 4.90 Å². The van der Waals surface area contributed by atoms with Crippen LogP contribution >= 0.6 is 0 Å². The van der Waals surface area contributed by atoms with Crippen molar-refractivity contribution in [2.75, 3.05) is 5.32 Å². The van der Waals surface area contributed by atoms with Gasteiger partial charge in [0.2, 0.25) is 17.7 Å². The summed E-state index contributed by atoms with van der Waals surface area (Å²) in [6.45, 7) is 0. The molecule has 3 amide bonds. The number of carbonyl (C=O) groups is 3. The fourth-order valence-corrected chi connectivity index (χ4v) is 5.77. The second kappa shape index (κ2) is 7.85. The van der Waals surface area contributed by atoms with E-state index in [0.29, 0.717) is 5.69 Å². The molecule has 3 fully saturated rings. The van der Waals surface area contributed by atoms with Gasteiger partial charge < -0.3 is 5.32 Å². The molecule has 164 valence electrons. The van der Waals surface area contributed by atoms with E-state index < -0.39 is 16.9 Å². The number of rotatable bonds is 6. The van der Waals surface area contributed by atoms with Crippen LogP contribution in [0.3, 0.4) is 0 Å². The first-order valence-electron chi connectivity index (χ1n) is 10.9. The number of carbonyl (C=O) groups excluding carboxylic acids is 3. The summed E-state index contributed by atoms with van der Waals surface area (Å²) in [5, 5.41) is 13.6. The summed E-state index contributed by atoms with van der Waals surface area (Å²) in [6.07, 6.45) is 3.08. The van der Waals surface area contributed by atoms with Crippen molar-refractivity contribution in [2.24, 2.45) is 23.7 Å². The Morgan fingerprint density at radius 3 is 2.16 bits per heavy atom. The number of likely N-dealkylation sites (tertiary alicyclic amines) is 1. The van der Waals surface area contributed by atoms with Crippen LogP contribution in [0.4, 0.5) is 11.4 Å². The second-order valence-corrected chi connectivity index (χ2v) is 8.93. The minimum absolute atomic E-state index is 0.0861. The largest absolute Gasteiger partial charge is 0.324 e. The van der Waals surface area contributed by atoms with E-state index in [-0.39, 0.29) is 47.6 Å². The number of nitrogens with one attached hydrogen (secondary N) is 1. The maximum atomic E-state index is 13.3. The molecular formula is C24H23N3O5. The van der Waals surface area contributed by atoms with Crippen molar-refractivity contribution in [3.05, 3.63) is 70.3 Å². The highest BCUT2D eigenvalue weighted by Gasteiger charge is 2.62. The van der Waals surface area contributed by atoms with Crippen LogP contribution < -0.4 is 5.32 Å². The van der Waals surface area contributed by atoms with Crippen molar-refractivity contribution < 1.29 is 19.3 Å². The molecular weight excluding hydrogens is 410 g/mol. The van der Waals surface area contributed by atoms with Gasteiger partial charge >= 0.3 is 0 Å². The highest BCUT2D eigenvalue weighted by Crippen LogP contribution is 2.56. The third-order valence-electron chi connectivity index (χ3n) is 7.19.